The molecule has 0 radical (unpaired) electrons. The largest absolute Gasteiger partial charge is 0.484 e. The molecule has 4 rings (SSSR count). The number of anilines is 1. The van der Waals surface area contributed by atoms with Crippen LogP contribution in [0.3, 0.4) is 0 Å². The van der Waals surface area contributed by atoms with Gasteiger partial charge in [-0.3, -0.25) is 4.79 Å². The van der Waals surface area contributed by atoms with E-state index in [0.717, 1.165) is 12.1 Å². The van der Waals surface area contributed by atoms with Gasteiger partial charge in [0.15, 0.2) is 6.61 Å². The monoisotopic (exact) mass is 349 g/mol. The fraction of sp³-hybridized carbons (Fsp3) is 0.250. The van der Waals surface area contributed by atoms with E-state index in [2.05, 4.69) is 27.6 Å². The number of ether oxygens (including phenoxy) is 1. The molecule has 1 aromatic heterocycles. The van der Waals surface area contributed by atoms with Crippen LogP contribution < -0.4 is 10.1 Å². The Morgan fingerprint density at radius 1 is 1.15 bits per heavy atom. The standard InChI is InChI=1S/C20H19N3O3/c1-13-22-23-19(26-13)12-25-16-9-7-15(8-10-16)21-20(24)18-11-17(18)14-5-3-2-4-6-14/h2-10,17-18H,11-12H2,1H3,(H,21,24)/t17-,18+/m0/s1. The Morgan fingerprint density at radius 2 is 1.92 bits per heavy atom. The zero-order valence-corrected chi connectivity index (χ0v) is 14.4. The smallest absolute Gasteiger partial charge is 0.253 e. The number of amides is 1. The average Bonchev–Trinajstić information content (AvgIpc) is 3.37. The lowest BCUT2D eigenvalue weighted by Gasteiger charge is -2.07. The van der Waals surface area contributed by atoms with Crippen molar-refractivity contribution in [1.29, 1.82) is 0 Å². The predicted octanol–water partition coefficient (Wildman–Crippen LogP) is 3.70. The first-order valence-corrected chi connectivity index (χ1v) is 8.57. The minimum atomic E-state index is 0.0501. The maximum atomic E-state index is 12.4. The summed E-state index contributed by atoms with van der Waals surface area (Å²) in [6.07, 6.45) is 0.903. The van der Waals surface area contributed by atoms with Gasteiger partial charge in [-0.2, -0.15) is 0 Å². The molecule has 1 aliphatic carbocycles. The number of aromatic nitrogens is 2. The van der Waals surface area contributed by atoms with Gasteiger partial charge in [-0.05, 0) is 42.2 Å². The number of hydrogen-bond donors (Lipinski definition) is 1. The van der Waals surface area contributed by atoms with E-state index in [0.29, 0.717) is 23.4 Å². The third-order valence-electron chi connectivity index (χ3n) is 4.41. The molecular weight excluding hydrogens is 330 g/mol. The highest BCUT2D eigenvalue weighted by atomic mass is 16.5. The van der Waals surface area contributed by atoms with Gasteiger partial charge in [0.05, 0.1) is 0 Å². The summed E-state index contributed by atoms with van der Waals surface area (Å²) in [5.41, 5.74) is 1.99. The highest BCUT2D eigenvalue weighted by Gasteiger charge is 2.43. The first kappa shape index (κ1) is 16.3. The molecule has 3 aromatic rings. The third kappa shape index (κ3) is 3.74. The van der Waals surface area contributed by atoms with Crippen LogP contribution in [0.2, 0.25) is 0 Å². The van der Waals surface area contributed by atoms with Crippen molar-refractivity contribution >= 4 is 11.6 Å². The quantitative estimate of drug-likeness (QED) is 0.734. The topological polar surface area (TPSA) is 77.3 Å². The molecule has 1 N–H and O–H groups in total. The van der Waals surface area contributed by atoms with Crippen molar-refractivity contribution < 1.29 is 13.9 Å². The van der Waals surface area contributed by atoms with E-state index < -0.39 is 0 Å². The summed E-state index contributed by atoms with van der Waals surface area (Å²) >= 11 is 0. The molecule has 1 saturated carbocycles. The fourth-order valence-electron chi connectivity index (χ4n) is 2.96. The van der Waals surface area contributed by atoms with E-state index in [1.807, 2.05) is 30.3 Å². The van der Waals surface area contributed by atoms with Gasteiger partial charge in [0.1, 0.15) is 5.75 Å². The van der Waals surface area contributed by atoms with Crippen LogP contribution in [0, 0.1) is 12.8 Å². The summed E-state index contributed by atoms with van der Waals surface area (Å²) in [6.45, 7) is 1.95. The summed E-state index contributed by atoms with van der Waals surface area (Å²) < 4.78 is 10.8. The Hall–Kier alpha value is -3.15. The molecule has 0 spiro atoms. The highest BCUT2D eigenvalue weighted by Crippen LogP contribution is 2.47. The number of carbonyl (C=O) groups is 1. The van der Waals surface area contributed by atoms with Crippen LogP contribution in [-0.4, -0.2) is 16.1 Å². The lowest BCUT2D eigenvalue weighted by Crippen LogP contribution is -2.14. The fourth-order valence-corrected chi connectivity index (χ4v) is 2.96. The first-order chi connectivity index (χ1) is 12.7. The van der Waals surface area contributed by atoms with Crippen molar-refractivity contribution in [2.75, 3.05) is 5.32 Å². The van der Waals surface area contributed by atoms with Crippen molar-refractivity contribution in [3.05, 3.63) is 71.9 Å². The zero-order chi connectivity index (χ0) is 17.9. The molecule has 2 aromatic carbocycles. The summed E-state index contributed by atoms with van der Waals surface area (Å²) in [6, 6.07) is 17.4. The lowest BCUT2D eigenvalue weighted by atomic mass is 10.1. The van der Waals surface area contributed by atoms with Crippen molar-refractivity contribution in [2.24, 2.45) is 5.92 Å². The van der Waals surface area contributed by atoms with Crippen LogP contribution in [-0.2, 0) is 11.4 Å². The number of carbonyl (C=O) groups excluding carboxylic acids is 1. The molecule has 1 aliphatic rings. The van der Waals surface area contributed by atoms with Gasteiger partial charge < -0.3 is 14.5 Å². The maximum absolute atomic E-state index is 12.4. The van der Waals surface area contributed by atoms with Gasteiger partial charge in [-0.15, -0.1) is 10.2 Å². The van der Waals surface area contributed by atoms with Crippen LogP contribution in [0.1, 0.15) is 29.7 Å². The molecule has 132 valence electrons. The highest BCUT2D eigenvalue weighted by molar-refractivity contribution is 5.95. The summed E-state index contributed by atoms with van der Waals surface area (Å²) in [5.74, 6) is 2.06. The molecule has 2 atom stereocenters. The molecular formula is C20H19N3O3. The first-order valence-electron chi connectivity index (χ1n) is 8.57. The second-order valence-corrected chi connectivity index (χ2v) is 6.38. The Balaban J connectivity index is 1.29. The molecule has 0 aliphatic heterocycles. The minimum absolute atomic E-state index is 0.0501. The molecule has 0 bridgehead atoms. The molecule has 1 amide bonds. The van der Waals surface area contributed by atoms with Gasteiger partial charge >= 0.3 is 0 Å². The van der Waals surface area contributed by atoms with Crippen molar-refractivity contribution in [2.45, 2.75) is 25.9 Å². The van der Waals surface area contributed by atoms with Gasteiger partial charge in [0.25, 0.3) is 5.89 Å². The summed E-state index contributed by atoms with van der Waals surface area (Å²) in [5, 5.41) is 10.6. The molecule has 1 fully saturated rings. The summed E-state index contributed by atoms with van der Waals surface area (Å²) in [7, 11) is 0. The lowest BCUT2D eigenvalue weighted by molar-refractivity contribution is -0.117. The Kier molecular flexibility index (Phi) is 4.39. The van der Waals surface area contributed by atoms with Crippen LogP contribution >= 0.6 is 0 Å². The van der Waals surface area contributed by atoms with Crippen molar-refractivity contribution in [1.82, 2.24) is 10.2 Å². The van der Waals surface area contributed by atoms with Crippen LogP contribution in [0.15, 0.2) is 59.0 Å². The normalized spacial score (nSPS) is 18.3. The number of nitrogens with one attached hydrogen (secondary N) is 1. The zero-order valence-electron chi connectivity index (χ0n) is 14.4. The number of nitrogens with zero attached hydrogens (tertiary/aromatic N) is 2. The van der Waals surface area contributed by atoms with Gasteiger partial charge in [0, 0.05) is 18.5 Å². The number of benzene rings is 2. The maximum Gasteiger partial charge on any atom is 0.253 e. The Morgan fingerprint density at radius 3 is 2.62 bits per heavy atom. The SMILES string of the molecule is Cc1nnc(COc2ccc(NC(=O)[C@@H]3C[C@H]3c3ccccc3)cc2)o1. The van der Waals surface area contributed by atoms with E-state index in [9.17, 15) is 4.79 Å². The van der Waals surface area contributed by atoms with E-state index in [1.165, 1.54) is 5.56 Å². The second kappa shape index (κ2) is 7.00. The summed E-state index contributed by atoms with van der Waals surface area (Å²) in [4.78, 5) is 12.4. The van der Waals surface area contributed by atoms with Crippen LogP contribution in [0.25, 0.3) is 0 Å². The van der Waals surface area contributed by atoms with E-state index in [1.54, 1.807) is 19.1 Å². The number of hydrogen-bond acceptors (Lipinski definition) is 5. The average molecular weight is 349 g/mol. The van der Waals surface area contributed by atoms with Gasteiger partial charge in [-0.25, -0.2) is 0 Å². The molecule has 6 heteroatoms. The van der Waals surface area contributed by atoms with Crippen molar-refractivity contribution in [3.8, 4) is 5.75 Å². The molecule has 0 unspecified atom stereocenters. The van der Waals surface area contributed by atoms with Crippen molar-refractivity contribution in [3.63, 3.8) is 0 Å². The van der Waals surface area contributed by atoms with Gasteiger partial charge in [0.2, 0.25) is 11.8 Å². The third-order valence-corrected chi connectivity index (χ3v) is 4.41. The molecule has 1 heterocycles. The number of rotatable bonds is 6. The predicted molar refractivity (Wildman–Crippen MR) is 95.7 cm³/mol. The second-order valence-electron chi connectivity index (χ2n) is 6.38. The van der Waals surface area contributed by atoms with Crippen LogP contribution in [0.4, 0.5) is 5.69 Å². The molecule has 26 heavy (non-hydrogen) atoms. The Bertz CT molecular complexity index is 890. The van der Waals surface area contributed by atoms with Crippen LogP contribution in [0.5, 0.6) is 5.75 Å². The van der Waals surface area contributed by atoms with Gasteiger partial charge in [-0.1, -0.05) is 30.3 Å². The molecule has 0 saturated heterocycles. The Labute approximate surface area is 151 Å². The molecule has 6 nitrogen and oxygen atoms in total. The van der Waals surface area contributed by atoms with E-state index >= 15 is 0 Å². The minimum Gasteiger partial charge on any atom is -0.484 e. The number of aryl methyl sites for hydroxylation is 1. The van der Waals surface area contributed by atoms with E-state index in [4.69, 9.17) is 9.15 Å². The van der Waals surface area contributed by atoms with E-state index in [-0.39, 0.29) is 18.4 Å².